The Morgan fingerprint density at radius 1 is 1.50 bits per heavy atom. The molecule has 6 heteroatoms. The number of hydrogen-bond acceptors (Lipinski definition) is 3. The first-order valence-corrected chi connectivity index (χ1v) is 7.15. The normalized spacial score (nSPS) is 9.91. The molecule has 0 unspecified atom stereocenters. The van der Waals surface area contributed by atoms with Gasteiger partial charge in [0.25, 0.3) is 0 Å². The molecule has 2 N–H and O–H groups in total. The molecule has 5 nitrogen and oxygen atoms in total. The highest BCUT2D eigenvalue weighted by Crippen LogP contribution is 2.25. The van der Waals surface area contributed by atoms with E-state index in [-0.39, 0.29) is 25.4 Å². The summed E-state index contributed by atoms with van der Waals surface area (Å²) in [5.74, 6) is 2.11. The van der Waals surface area contributed by atoms with Gasteiger partial charge < -0.3 is 20.1 Å². The fourth-order valence-electron chi connectivity index (χ4n) is 1.82. The zero-order chi connectivity index (χ0) is 16.4. The van der Waals surface area contributed by atoms with E-state index in [4.69, 9.17) is 16.3 Å². The van der Waals surface area contributed by atoms with Gasteiger partial charge in [0.2, 0.25) is 0 Å². The third-order valence-corrected chi connectivity index (χ3v) is 2.93. The standard InChI is InChI=1S/C16H21FN2O3/c1-3-5-8-19(9-10-20)16(21)18-14-12-13(17)6-7-15(14)22-11-4-2/h2,6-7,12,20H,3,5,8-11H2,1H3,(H,18,21). The van der Waals surface area contributed by atoms with Crippen molar-refractivity contribution in [2.45, 2.75) is 19.8 Å². The number of benzene rings is 1. The van der Waals surface area contributed by atoms with Crippen LogP contribution in [0.2, 0.25) is 0 Å². The van der Waals surface area contributed by atoms with Crippen LogP contribution in [-0.4, -0.2) is 42.3 Å². The number of aliphatic hydroxyl groups is 1. The van der Waals surface area contributed by atoms with E-state index in [1.165, 1.54) is 23.1 Å². The topological polar surface area (TPSA) is 61.8 Å². The average molecular weight is 308 g/mol. The monoisotopic (exact) mass is 308 g/mol. The number of halogens is 1. The van der Waals surface area contributed by atoms with E-state index in [0.29, 0.717) is 12.3 Å². The second-order valence-corrected chi connectivity index (χ2v) is 4.63. The van der Waals surface area contributed by atoms with Crippen LogP contribution < -0.4 is 10.1 Å². The molecule has 0 atom stereocenters. The van der Waals surface area contributed by atoms with Gasteiger partial charge in [-0.1, -0.05) is 19.3 Å². The average Bonchev–Trinajstić information content (AvgIpc) is 2.50. The number of ether oxygens (including phenoxy) is 1. The zero-order valence-electron chi connectivity index (χ0n) is 12.6. The van der Waals surface area contributed by atoms with Gasteiger partial charge in [-0.3, -0.25) is 0 Å². The smallest absolute Gasteiger partial charge is 0.322 e. The largest absolute Gasteiger partial charge is 0.479 e. The molecule has 0 aromatic heterocycles. The minimum atomic E-state index is -0.495. The van der Waals surface area contributed by atoms with Gasteiger partial charge in [0.1, 0.15) is 18.2 Å². The molecule has 0 aliphatic carbocycles. The number of anilines is 1. The Bertz CT molecular complexity index is 529. The molecule has 0 saturated heterocycles. The van der Waals surface area contributed by atoms with Gasteiger partial charge in [0.05, 0.1) is 12.3 Å². The molecular weight excluding hydrogens is 287 g/mol. The molecule has 1 aromatic carbocycles. The fraction of sp³-hybridized carbons (Fsp3) is 0.438. The highest BCUT2D eigenvalue weighted by Gasteiger charge is 2.15. The number of carbonyl (C=O) groups is 1. The van der Waals surface area contributed by atoms with Crippen molar-refractivity contribution >= 4 is 11.7 Å². The van der Waals surface area contributed by atoms with Crippen LogP contribution in [0.25, 0.3) is 0 Å². The highest BCUT2D eigenvalue weighted by molar-refractivity contribution is 5.91. The first-order valence-electron chi connectivity index (χ1n) is 7.15. The predicted molar refractivity (Wildman–Crippen MR) is 83.3 cm³/mol. The number of nitrogens with zero attached hydrogens (tertiary/aromatic N) is 1. The molecule has 1 aromatic rings. The zero-order valence-corrected chi connectivity index (χ0v) is 12.6. The number of carbonyl (C=O) groups excluding carboxylic acids is 1. The molecule has 0 bridgehead atoms. The van der Waals surface area contributed by atoms with Crippen LogP contribution in [0.15, 0.2) is 18.2 Å². The van der Waals surface area contributed by atoms with Crippen LogP contribution in [0.3, 0.4) is 0 Å². The van der Waals surface area contributed by atoms with E-state index >= 15 is 0 Å². The van der Waals surface area contributed by atoms with Crippen LogP contribution >= 0.6 is 0 Å². The summed E-state index contributed by atoms with van der Waals surface area (Å²) in [4.78, 5) is 13.7. The van der Waals surface area contributed by atoms with E-state index in [1.807, 2.05) is 6.92 Å². The van der Waals surface area contributed by atoms with Gasteiger partial charge >= 0.3 is 6.03 Å². The van der Waals surface area contributed by atoms with Gasteiger partial charge in [-0.2, -0.15) is 0 Å². The van der Waals surface area contributed by atoms with Crippen molar-refractivity contribution in [2.24, 2.45) is 0 Å². The molecule has 0 aliphatic heterocycles. The number of urea groups is 1. The summed E-state index contributed by atoms with van der Waals surface area (Å²) in [6, 6.07) is 3.38. The minimum Gasteiger partial charge on any atom is -0.479 e. The van der Waals surface area contributed by atoms with Crippen LogP contribution in [0.4, 0.5) is 14.9 Å². The first kappa shape index (κ1) is 17.8. The molecule has 0 heterocycles. The Hall–Kier alpha value is -2.26. The number of hydrogen-bond donors (Lipinski definition) is 2. The molecular formula is C16H21FN2O3. The first-order chi connectivity index (χ1) is 10.6. The molecule has 2 amide bonds. The Kier molecular flexibility index (Phi) is 7.79. The van der Waals surface area contributed by atoms with Crippen LogP contribution in [0, 0.1) is 18.2 Å². The summed E-state index contributed by atoms with van der Waals surface area (Å²) in [6.07, 6.45) is 6.87. The molecule has 0 fully saturated rings. The maximum atomic E-state index is 13.4. The fourth-order valence-corrected chi connectivity index (χ4v) is 1.82. The Labute approximate surface area is 130 Å². The van der Waals surface area contributed by atoms with Crippen LogP contribution in [0.5, 0.6) is 5.75 Å². The number of aliphatic hydroxyl groups excluding tert-OH is 1. The van der Waals surface area contributed by atoms with E-state index < -0.39 is 11.8 Å². The lowest BCUT2D eigenvalue weighted by Crippen LogP contribution is -2.37. The Morgan fingerprint density at radius 2 is 2.27 bits per heavy atom. The third kappa shape index (κ3) is 5.62. The lowest BCUT2D eigenvalue weighted by molar-refractivity contribution is 0.187. The van der Waals surface area contributed by atoms with Crippen molar-refractivity contribution in [3.8, 4) is 18.1 Å². The number of unbranched alkanes of at least 4 members (excludes halogenated alkanes) is 1. The predicted octanol–water partition coefficient (Wildman–Crippen LogP) is 2.46. The second kappa shape index (κ2) is 9.64. The summed E-state index contributed by atoms with van der Waals surface area (Å²) in [6.45, 7) is 2.61. The van der Waals surface area contributed by atoms with Crippen molar-refractivity contribution in [3.63, 3.8) is 0 Å². The molecule has 0 radical (unpaired) electrons. The van der Waals surface area contributed by atoms with Gasteiger partial charge in [0, 0.05) is 19.2 Å². The maximum Gasteiger partial charge on any atom is 0.322 e. The van der Waals surface area contributed by atoms with Gasteiger partial charge in [-0.15, -0.1) is 6.42 Å². The summed E-state index contributed by atoms with van der Waals surface area (Å²) in [5, 5.41) is 11.6. The van der Waals surface area contributed by atoms with Crippen LogP contribution in [0.1, 0.15) is 19.8 Å². The summed E-state index contributed by atoms with van der Waals surface area (Å²) >= 11 is 0. The van der Waals surface area contributed by atoms with Gasteiger partial charge in [-0.25, -0.2) is 9.18 Å². The third-order valence-electron chi connectivity index (χ3n) is 2.93. The van der Waals surface area contributed by atoms with Crippen LogP contribution in [-0.2, 0) is 0 Å². The van der Waals surface area contributed by atoms with Gasteiger partial charge in [0.15, 0.2) is 0 Å². The summed E-state index contributed by atoms with van der Waals surface area (Å²) in [5.41, 5.74) is 0.208. The summed E-state index contributed by atoms with van der Waals surface area (Å²) < 4.78 is 18.6. The van der Waals surface area contributed by atoms with Crippen molar-refractivity contribution in [3.05, 3.63) is 24.0 Å². The van der Waals surface area contributed by atoms with Crippen molar-refractivity contribution in [1.82, 2.24) is 4.90 Å². The van der Waals surface area contributed by atoms with Crippen molar-refractivity contribution < 1.29 is 19.0 Å². The Balaban J connectivity index is 2.84. The maximum absolute atomic E-state index is 13.4. The molecule has 22 heavy (non-hydrogen) atoms. The number of nitrogens with one attached hydrogen (secondary N) is 1. The lowest BCUT2D eigenvalue weighted by Gasteiger charge is -2.22. The lowest BCUT2D eigenvalue weighted by atomic mass is 10.2. The molecule has 1 rings (SSSR count). The van der Waals surface area contributed by atoms with Gasteiger partial charge in [-0.05, 0) is 18.6 Å². The van der Waals surface area contributed by atoms with E-state index in [1.54, 1.807) is 0 Å². The molecule has 0 spiro atoms. The second-order valence-electron chi connectivity index (χ2n) is 4.63. The molecule has 0 saturated carbocycles. The SMILES string of the molecule is C#CCOc1ccc(F)cc1NC(=O)N(CCO)CCCC. The molecule has 0 aliphatic rings. The number of terminal acetylenes is 1. The molecule has 120 valence electrons. The van der Waals surface area contributed by atoms with Crippen molar-refractivity contribution in [2.75, 3.05) is 31.6 Å². The quantitative estimate of drug-likeness (QED) is 0.725. The number of amides is 2. The highest BCUT2D eigenvalue weighted by atomic mass is 19.1. The minimum absolute atomic E-state index is 0.0185. The van der Waals surface area contributed by atoms with E-state index in [9.17, 15) is 9.18 Å². The van der Waals surface area contributed by atoms with Crippen molar-refractivity contribution in [1.29, 1.82) is 0 Å². The number of rotatable bonds is 8. The van der Waals surface area contributed by atoms with E-state index in [0.717, 1.165) is 12.8 Å². The Morgan fingerprint density at radius 3 is 2.91 bits per heavy atom. The summed E-state index contributed by atoms with van der Waals surface area (Å²) in [7, 11) is 0. The van der Waals surface area contributed by atoms with E-state index in [2.05, 4.69) is 11.2 Å².